The molecule has 0 aromatic heterocycles. The number of nitrogens with one attached hydrogen (secondary N) is 1. The molecule has 5 heteroatoms. The predicted molar refractivity (Wildman–Crippen MR) is 114 cm³/mol. The molecule has 2 unspecified atom stereocenters. The van der Waals surface area contributed by atoms with Gasteiger partial charge >= 0.3 is 0 Å². The Labute approximate surface area is 170 Å². The molecule has 1 aliphatic heterocycles. The first kappa shape index (κ1) is 19.0. The number of carbonyl (C=O) groups excluding carboxylic acids is 2. The summed E-state index contributed by atoms with van der Waals surface area (Å²) in [5.41, 5.74) is 1.83. The highest BCUT2D eigenvalue weighted by Gasteiger charge is 2.35. The number of hydrogen-bond donors (Lipinski definition) is 1. The summed E-state index contributed by atoms with van der Waals surface area (Å²) in [5.74, 6) is 0.180. The van der Waals surface area contributed by atoms with Crippen LogP contribution < -0.4 is 15.0 Å². The molecule has 1 aliphatic rings. The van der Waals surface area contributed by atoms with E-state index in [-0.39, 0.29) is 30.2 Å². The van der Waals surface area contributed by atoms with Crippen molar-refractivity contribution >= 4 is 28.3 Å². The first-order valence-electron chi connectivity index (χ1n) is 9.79. The third kappa shape index (κ3) is 3.81. The van der Waals surface area contributed by atoms with Gasteiger partial charge in [0.05, 0.1) is 19.1 Å². The number of benzene rings is 3. The van der Waals surface area contributed by atoms with Gasteiger partial charge in [0.1, 0.15) is 5.75 Å². The van der Waals surface area contributed by atoms with Gasteiger partial charge < -0.3 is 15.0 Å². The summed E-state index contributed by atoms with van der Waals surface area (Å²) >= 11 is 0. The number of amides is 2. The Hall–Kier alpha value is -3.34. The molecule has 0 aliphatic carbocycles. The fourth-order valence-corrected chi connectivity index (χ4v) is 3.95. The van der Waals surface area contributed by atoms with E-state index in [0.29, 0.717) is 12.3 Å². The molecule has 0 radical (unpaired) electrons. The molecule has 3 aromatic rings. The van der Waals surface area contributed by atoms with Gasteiger partial charge in [0.15, 0.2) is 0 Å². The lowest BCUT2D eigenvalue weighted by Crippen LogP contribution is -2.34. The molecule has 3 aromatic carbocycles. The summed E-state index contributed by atoms with van der Waals surface area (Å²) in [5, 5.41) is 5.38. The smallest absolute Gasteiger partial charge is 0.227 e. The highest BCUT2D eigenvalue weighted by Crippen LogP contribution is 2.29. The molecular weight excluding hydrogens is 364 g/mol. The fraction of sp³-hybridized carbons (Fsp3) is 0.250. The molecule has 148 valence electrons. The monoisotopic (exact) mass is 388 g/mol. The standard InChI is InChI=1S/C24H24N2O3/c1-16(21-12-5-8-17-7-3-4-11-22(17)21)25-24(28)18-13-23(27)26(15-18)19-9-6-10-20(14-19)29-2/h3-12,14,16,18H,13,15H2,1-2H3,(H,25,28). The first-order valence-corrected chi connectivity index (χ1v) is 9.79. The Morgan fingerprint density at radius 1 is 1.10 bits per heavy atom. The second kappa shape index (κ2) is 7.95. The zero-order chi connectivity index (χ0) is 20.4. The minimum absolute atomic E-state index is 0.0452. The van der Waals surface area contributed by atoms with E-state index >= 15 is 0 Å². The van der Waals surface area contributed by atoms with Crippen LogP contribution in [0.15, 0.2) is 66.7 Å². The zero-order valence-corrected chi connectivity index (χ0v) is 16.6. The number of nitrogens with zero attached hydrogens (tertiary/aromatic N) is 1. The molecule has 1 heterocycles. The highest BCUT2D eigenvalue weighted by atomic mass is 16.5. The van der Waals surface area contributed by atoms with Gasteiger partial charge in [-0.2, -0.15) is 0 Å². The van der Waals surface area contributed by atoms with E-state index in [9.17, 15) is 9.59 Å². The van der Waals surface area contributed by atoms with Gasteiger partial charge in [0, 0.05) is 24.7 Å². The van der Waals surface area contributed by atoms with Gasteiger partial charge in [-0.1, -0.05) is 48.5 Å². The van der Waals surface area contributed by atoms with Crippen LogP contribution in [0.2, 0.25) is 0 Å². The van der Waals surface area contributed by atoms with E-state index in [1.165, 1.54) is 0 Å². The average Bonchev–Trinajstić information content (AvgIpc) is 3.15. The molecule has 1 N–H and O–H groups in total. The summed E-state index contributed by atoms with van der Waals surface area (Å²) in [6.45, 7) is 2.36. The van der Waals surface area contributed by atoms with Crippen LogP contribution >= 0.6 is 0 Å². The van der Waals surface area contributed by atoms with Crippen LogP contribution in [0, 0.1) is 5.92 Å². The van der Waals surface area contributed by atoms with Crippen molar-refractivity contribution in [2.75, 3.05) is 18.6 Å². The quantitative estimate of drug-likeness (QED) is 0.717. The molecule has 0 spiro atoms. The third-order valence-corrected chi connectivity index (χ3v) is 5.51. The van der Waals surface area contributed by atoms with Gasteiger partial charge in [-0.3, -0.25) is 9.59 Å². The molecule has 2 atom stereocenters. The van der Waals surface area contributed by atoms with Gasteiger partial charge in [0.25, 0.3) is 0 Å². The fourth-order valence-electron chi connectivity index (χ4n) is 3.95. The second-order valence-corrected chi connectivity index (χ2v) is 7.41. The maximum Gasteiger partial charge on any atom is 0.227 e. The van der Waals surface area contributed by atoms with E-state index < -0.39 is 0 Å². The van der Waals surface area contributed by atoms with Crippen molar-refractivity contribution < 1.29 is 14.3 Å². The highest BCUT2D eigenvalue weighted by molar-refractivity contribution is 6.00. The Morgan fingerprint density at radius 3 is 2.69 bits per heavy atom. The average molecular weight is 388 g/mol. The minimum Gasteiger partial charge on any atom is -0.497 e. The van der Waals surface area contributed by atoms with Crippen LogP contribution in [0.1, 0.15) is 24.9 Å². The Morgan fingerprint density at radius 2 is 1.86 bits per heavy atom. The number of rotatable bonds is 5. The van der Waals surface area contributed by atoms with E-state index in [2.05, 4.69) is 23.5 Å². The molecule has 5 nitrogen and oxygen atoms in total. The van der Waals surface area contributed by atoms with Gasteiger partial charge in [0.2, 0.25) is 11.8 Å². The maximum atomic E-state index is 12.9. The summed E-state index contributed by atoms with van der Waals surface area (Å²) in [4.78, 5) is 27.1. The summed E-state index contributed by atoms with van der Waals surface area (Å²) in [6.07, 6.45) is 0.214. The summed E-state index contributed by atoms with van der Waals surface area (Å²) < 4.78 is 5.24. The second-order valence-electron chi connectivity index (χ2n) is 7.41. The molecule has 2 amide bonds. The number of hydrogen-bond acceptors (Lipinski definition) is 3. The predicted octanol–water partition coefficient (Wildman–Crippen LogP) is 4.08. The molecule has 4 rings (SSSR count). The van der Waals surface area contributed by atoms with Gasteiger partial charge in [-0.15, -0.1) is 0 Å². The van der Waals surface area contributed by atoms with Crippen molar-refractivity contribution in [3.8, 4) is 5.75 Å². The first-order chi connectivity index (χ1) is 14.1. The van der Waals surface area contributed by atoms with Crippen LogP contribution in [-0.4, -0.2) is 25.5 Å². The van der Waals surface area contributed by atoms with E-state index in [0.717, 1.165) is 22.0 Å². The van der Waals surface area contributed by atoms with Gasteiger partial charge in [-0.25, -0.2) is 0 Å². The Balaban J connectivity index is 1.48. The van der Waals surface area contributed by atoms with Crippen molar-refractivity contribution in [1.82, 2.24) is 5.32 Å². The van der Waals surface area contributed by atoms with Crippen LogP contribution in [0.3, 0.4) is 0 Å². The molecule has 29 heavy (non-hydrogen) atoms. The molecule has 0 saturated carbocycles. The van der Waals surface area contributed by atoms with E-state index in [4.69, 9.17) is 4.74 Å². The SMILES string of the molecule is COc1cccc(N2CC(C(=O)NC(C)c3cccc4ccccc34)CC2=O)c1. The maximum absolute atomic E-state index is 12.9. The van der Waals surface area contributed by atoms with Crippen LogP contribution in [-0.2, 0) is 9.59 Å². The lowest BCUT2D eigenvalue weighted by molar-refractivity contribution is -0.126. The molecule has 0 bridgehead atoms. The molecule has 1 fully saturated rings. The van der Waals surface area contributed by atoms with Crippen molar-refractivity contribution in [1.29, 1.82) is 0 Å². The zero-order valence-electron chi connectivity index (χ0n) is 16.6. The van der Waals surface area contributed by atoms with Crippen molar-refractivity contribution in [2.24, 2.45) is 5.92 Å². The summed E-state index contributed by atoms with van der Waals surface area (Å²) in [7, 11) is 1.59. The van der Waals surface area contributed by atoms with E-state index in [1.807, 2.05) is 55.5 Å². The van der Waals surface area contributed by atoms with Crippen molar-refractivity contribution in [2.45, 2.75) is 19.4 Å². The normalized spacial score (nSPS) is 17.4. The third-order valence-electron chi connectivity index (χ3n) is 5.51. The molecule has 1 saturated heterocycles. The van der Waals surface area contributed by atoms with Crippen LogP contribution in [0.5, 0.6) is 5.75 Å². The van der Waals surface area contributed by atoms with Crippen molar-refractivity contribution in [3.05, 3.63) is 72.3 Å². The van der Waals surface area contributed by atoms with Crippen LogP contribution in [0.25, 0.3) is 10.8 Å². The number of fused-ring (bicyclic) bond motifs is 1. The lowest BCUT2D eigenvalue weighted by Gasteiger charge is -2.20. The lowest BCUT2D eigenvalue weighted by atomic mass is 9.99. The summed E-state index contributed by atoms with van der Waals surface area (Å²) in [6, 6.07) is 21.5. The Kier molecular flexibility index (Phi) is 5.21. The number of anilines is 1. The van der Waals surface area contributed by atoms with Gasteiger partial charge in [-0.05, 0) is 35.4 Å². The largest absolute Gasteiger partial charge is 0.497 e. The number of carbonyl (C=O) groups is 2. The van der Waals surface area contributed by atoms with E-state index in [1.54, 1.807) is 12.0 Å². The Bertz CT molecular complexity index is 1060. The van der Waals surface area contributed by atoms with Crippen molar-refractivity contribution in [3.63, 3.8) is 0 Å². The van der Waals surface area contributed by atoms with Crippen LogP contribution in [0.4, 0.5) is 5.69 Å². The minimum atomic E-state index is -0.369. The number of ether oxygens (including phenoxy) is 1. The topological polar surface area (TPSA) is 58.6 Å². The molecular formula is C24H24N2O3. The number of methoxy groups -OCH3 is 1.